The van der Waals surface area contributed by atoms with E-state index in [4.69, 9.17) is 0 Å². The summed E-state index contributed by atoms with van der Waals surface area (Å²) in [6.07, 6.45) is 2.10. The van der Waals surface area contributed by atoms with Crippen LogP contribution in [0.1, 0.15) is 45.2 Å². The summed E-state index contributed by atoms with van der Waals surface area (Å²) in [6, 6.07) is 45.1. The second kappa shape index (κ2) is 7.85. The van der Waals surface area contributed by atoms with Crippen LogP contribution in [0.25, 0.3) is 22.3 Å². The zero-order chi connectivity index (χ0) is 22.5. The van der Waals surface area contributed by atoms with Gasteiger partial charge in [0.25, 0.3) is 0 Å². The van der Waals surface area contributed by atoms with Crippen molar-refractivity contribution in [3.05, 3.63) is 155 Å². The zero-order valence-electron chi connectivity index (χ0n) is 19.1. The van der Waals surface area contributed by atoms with Gasteiger partial charge in [-0.3, -0.25) is 0 Å². The predicted molar refractivity (Wildman–Crippen MR) is 141 cm³/mol. The average Bonchev–Trinajstić information content (AvgIpc) is 2.92. The monoisotopic (exact) mass is 434 g/mol. The molecular formula is C34H26. The van der Waals surface area contributed by atoms with Crippen LogP contribution < -0.4 is 0 Å². The lowest BCUT2D eigenvalue weighted by Gasteiger charge is -2.33. The van der Waals surface area contributed by atoms with Crippen LogP contribution in [0.4, 0.5) is 0 Å². The van der Waals surface area contributed by atoms with Crippen molar-refractivity contribution in [2.45, 2.75) is 24.7 Å². The van der Waals surface area contributed by atoms with E-state index < -0.39 is 0 Å². The van der Waals surface area contributed by atoms with E-state index in [1.165, 1.54) is 55.6 Å². The highest BCUT2D eigenvalue weighted by Crippen LogP contribution is 2.48. The minimum Gasteiger partial charge on any atom is -0.0622 e. The largest absolute Gasteiger partial charge is 0.0622 e. The van der Waals surface area contributed by atoms with E-state index in [1.807, 2.05) is 0 Å². The Morgan fingerprint density at radius 2 is 0.765 bits per heavy atom. The van der Waals surface area contributed by atoms with Gasteiger partial charge in [0.2, 0.25) is 0 Å². The molecule has 0 fully saturated rings. The molecule has 34 heavy (non-hydrogen) atoms. The Kier molecular flexibility index (Phi) is 4.52. The predicted octanol–water partition coefficient (Wildman–Crippen LogP) is 8.40. The molecule has 0 aromatic heterocycles. The van der Waals surface area contributed by atoms with Crippen molar-refractivity contribution in [2.75, 3.05) is 0 Å². The molecule has 7 rings (SSSR count). The van der Waals surface area contributed by atoms with E-state index in [1.54, 1.807) is 0 Å². The van der Waals surface area contributed by atoms with Crippen LogP contribution in [0.5, 0.6) is 0 Å². The Bertz CT molecular complexity index is 1380. The molecular weight excluding hydrogens is 408 g/mol. The fourth-order valence-electron chi connectivity index (χ4n) is 6.25. The molecule has 0 bridgehead atoms. The maximum absolute atomic E-state index is 2.51. The summed E-state index contributed by atoms with van der Waals surface area (Å²) >= 11 is 0. The molecule has 0 amide bonds. The molecule has 2 atom stereocenters. The van der Waals surface area contributed by atoms with E-state index in [0.29, 0.717) is 11.8 Å². The van der Waals surface area contributed by atoms with Gasteiger partial charge < -0.3 is 0 Å². The van der Waals surface area contributed by atoms with Crippen molar-refractivity contribution in [1.29, 1.82) is 0 Å². The van der Waals surface area contributed by atoms with Gasteiger partial charge in [0.1, 0.15) is 0 Å². The fraction of sp³-hybridized carbons (Fsp3) is 0.118. The second-order valence-electron chi connectivity index (χ2n) is 9.68. The second-order valence-corrected chi connectivity index (χ2v) is 9.68. The van der Waals surface area contributed by atoms with E-state index in [-0.39, 0.29) is 0 Å². The van der Waals surface area contributed by atoms with Crippen LogP contribution in [0, 0.1) is 0 Å². The molecule has 2 aliphatic rings. The Morgan fingerprint density at radius 1 is 0.382 bits per heavy atom. The standard InChI is InChI=1S/C34H26/c1-3-11-23(12-4-1)31-19-25-21-34-26(22-33(25)29-17-9-7-15-27(29)31)20-32(24-13-5-2-6-14-24)28-16-8-10-18-30(28)34/h1-18,21-22,31-32H,19-20H2/t31-,32+. The molecule has 0 N–H and O–H groups in total. The van der Waals surface area contributed by atoms with Crippen LogP contribution in [0.3, 0.4) is 0 Å². The van der Waals surface area contributed by atoms with E-state index in [9.17, 15) is 0 Å². The smallest absolute Gasteiger partial charge is 0.0136 e. The number of fused-ring (bicyclic) bond motifs is 6. The van der Waals surface area contributed by atoms with Crippen LogP contribution in [-0.2, 0) is 12.8 Å². The van der Waals surface area contributed by atoms with Gasteiger partial charge in [-0.05, 0) is 68.5 Å². The van der Waals surface area contributed by atoms with Crippen molar-refractivity contribution in [3.63, 3.8) is 0 Å². The molecule has 0 heteroatoms. The first-order valence-electron chi connectivity index (χ1n) is 12.3. The molecule has 0 unspecified atom stereocenters. The highest BCUT2D eigenvalue weighted by molar-refractivity contribution is 5.83. The molecule has 0 radical (unpaired) electrons. The third kappa shape index (κ3) is 3.06. The average molecular weight is 435 g/mol. The number of hydrogen-bond acceptors (Lipinski definition) is 0. The maximum Gasteiger partial charge on any atom is 0.0136 e. The van der Waals surface area contributed by atoms with Crippen LogP contribution in [0.15, 0.2) is 121 Å². The lowest BCUT2D eigenvalue weighted by atomic mass is 9.71. The quantitative estimate of drug-likeness (QED) is 0.262. The van der Waals surface area contributed by atoms with Crippen molar-refractivity contribution < 1.29 is 0 Å². The Labute approximate surface area is 201 Å². The van der Waals surface area contributed by atoms with Crippen LogP contribution >= 0.6 is 0 Å². The van der Waals surface area contributed by atoms with Gasteiger partial charge in [0, 0.05) is 11.8 Å². The summed E-state index contributed by atoms with van der Waals surface area (Å²) in [5, 5.41) is 0. The lowest BCUT2D eigenvalue weighted by molar-refractivity contribution is 0.778. The van der Waals surface area contributed by atoms with Gasteiger partial charge in [-0.2, -0.15) is 0 Å². The molecule has 5 aromatic rings. The summed E-state index contributed by atoms with van der Waals surface area (Å²) < 4.78 is 0. The molecule has 0 spiro atoms. The Balaban J connectivity index is 1.41. The summed E-state index contributed by atoms with van der Waals surface area (Å²) in [5.74, 6) is 0.803. The summed E-state index contributed by atoms with van der Waals surface area (Å²) in [5.41, 5.74) is 14.3. The summed E-state index contributed by atoms with van der Waals surface area (Å²) in [6.45, 7) is 0. The van der Waals surface area contributed by atoms with Gasteiger partial charge in [0.05, 0.1) is 0 Å². The van der Waals surface area contributed by atoms with Crippen molar-refractivity contribution in [2.24, 2.45) is 0 Å². The fourth-order valence-corrected chi connectivity index (χ4v) is 6.25. The molecule has 0 nitrogen and oxygen atoms in total. The van der Waals surface area contributed by atoms with Gasteiger partial charge in [-0.15, -0.1) is 0 Å². The van der Waals surface area contributed by atoms with Gasteiger partial charge in [-0.1, -0.05) is 121 Å². The molecule has 5 aromatic carbocycles. The molecule has 162 valence electrons. The minimum atomic E-state index is 0.402. The molecule has 0 saturated carbocycles. The highest BCUT2D eigenvalue weighted by atomic mass is 14.3. The number of rotatable bonds is 2. The third-order valence-electron chi connectivity index (χ3n) is 7.83. The summed E-state index contributed by atoms with van der Waals surface area (Å²) in [7, 11) is 0. The maximum atomic E-state index is 2.51. The number of hydrogen-bond donors (Lipinski definition) is 0. The Morgan fingerprint density at radius 3 is 1.21 bits per heavy atom. The van der Waals surface area contributed by atoms with E-state index >= 15 is 0 Å². The first-order valence-corrected chi connectivity index (χ1v) is 12.3. The first kappa shape index (κ1) is 19.6. The lowest BCUT2D eigenvalue weighted by Crippen LogP contribution is -2.16. The molecule has 0 heterocycles. The van der Waals surface area contributed by atoms with Crippen molar-refractivity contribution >= 4 is 0 Å². The van der Waals surface area contributed by atoms with Gasteiger partial charge in [-0.25, -0.2) is 0 Å². The SMILES string of the molecule is c1ccc([C@H]2Cc3cc4c(cc3-c3ccccc32)C[C@@H](c2ccccc2)c2ccccc2-4)cc1. The first-order chi connectivity index (χ1) is 16.9. The summed E-state index contributed by atoms with van der Waals surface area (Å²) in [4.78, 5) is 0. The Hall–Kier alpha value is -3.90. The topological polar surface area (TPSA) is 0 Å². The third-order valence-corrected chi connectivity index (χ3v) is 7.83. The van der Waals surface area contributed by atoms with Gasteiger partial charge >= 0.3 is 0 Å². The zero-order valence-corrected chi connectivity index (χ0v) is 19.1. The minimum absolute atomic E-state index is 0.402. The normalized spacial score (nSPS) is 17.8. The number of benzene rings is 5. The van der Waals surface area contributed by atoms with Gasteiger partial charge in [0.15, 0.2) is 0 Å². The molecule has 2 aliphatic carbocycles. The highest BCUT2D eigenvalue weighted by Gasteiger charge is 2.30. The van der Waals surface area contributed by atoms with Crippen LogP contribution in [-0.4, -0.2) is 0 Å². The van der Waals surface area contributed by atoms with E-state index in [0.717, 1.165) is 12.8 Å². The molecule has 0 saturated heterocycles. The molecule has 0 aliphatic heterocycles. The van der Waals surface area contributed by atoms with Crippen LogP contribution in [0.2, 0.25) is 0 Å². The van der Waals surface area contributed by atoms with Crippen molar-refractivity contribution in [1.82, 2.24) is 0 Å². The van der Waals surface area contributed by atoms with E-state index in [2.05, 4.69) is 121 Å². The van der Waals surface area contributed by atoms with Crippen molar-refractivity contribution in [3.8, 4) is 22.3 Å².